The number of hydrogen-bond acceptors (Lipinski definition) is 8. The highest BCUT2D eigenvalue weighted by molar-refractivity contribution is 5.98. The molecule has 2 amide bonds. The fourth-order valence-corrected chi connectivity index (χ4v) is 5.96. The molecule has 2 atom stereocenters. The largest absolute Gasteiger partial charge is 0.493 e. The minimum Gasteiger partial charge on any atom is -0.493 e. The molecule has 0 saturated heterocycles. The number of nitrogens with zero attached hydrogens (tertiary/aromatic N) is 2. The SMILES string of the molecule is COc1cc2c(c(OC)c1OC)-c1ccc(N[C@@H](C(=O)Nc3ccc4c(c3)ncn4C)C(C)C)c(=O)cc1[C@H](NC(C)=O)CC2. The molecule has 3 aromatic carbocycles. The van der Waals surface area contributed by atoms with Gasteiger partial charge in [-0.25, -0.2) is 4.98 Å². The van der Waals surface area contributed by atoms with Gasteiger partial charge in [0.05, 0.1) is 50.4 Å². The molecular formula is C34H39N5O6. The van der Waals surface area contributed by atoms with Gasteiger partial charge in [0.2, 0.25) is 23.0 Å². The summed E-state index contributed by atoms with van der Waals surface area (Å²) in [5.41, 5.74) is 5.28. The molecule has 11 nitrogen and oxygen atoms in total. The van der Waals surface area contributed by atoms with Crippen LogP contribution in [0.3, 0.4) is 0 Å². The molecule has 0 radical (unpaired) electrons. The van der Waals surface area contributed by atoms with Crippen molar-refractivity contribution >= 4 is 34.2 Å². The highest BCUT2D eigenvalue weighted by Gasteiger charge is 2.30. The molecule has 1 heterocycles. The Morgan fingerprint density at radius 3 is 2.42 bits per heavy atom. The van der Waals surface area contributed by atoms with Crippen LogP contribution in [0.2, 0.25) is 0 Å². The van der Waals surface area contributed by atoms with E-state index in [0.29, 0.717) is 46.9 Å². The number of ether oxygens (including phenoxy) is 3. The summed E-state index contributed by atoms with van der Waals surface area (Å²) in [6, 6.07) is 11.3. The van der Waals surface area contributed by atoms with Crippen LogP contribution in [0.4, 0.5) is 11.4 Å². The van der Waals surface area contributed by atoms with Crippen molar-refractivity contribution in [1.29, 1.82) is 0 Å². The van der Waals surface area contributed by atoms with Gasteiger partial charge in [-0.05, 0) is 71.8 Å². The molecule has 1 aliphatic carbocycles. The lowest BCUT2D eigenvalue weighted by Crippen LogP contribution is -2.39. The summed E-state index contributed by atoms with van der Waals surface area (Å²) in [5, 5.41) is 9.20. The molecule has 5 rings (SSSR count). The summed E-state index contributed by atoms with van der Waals surface area (Å²) in [5.74, 6) is 0.762. The van der Waals surface area contributed by atoms with Gasteiger partial charge in [0, 0.05) is 25.2 Å². The zero-order valence-electron chi connectivity index (χ0n) is 26.6. The zero-order chi connectivity index (χ0) is 32.4. The second kappa shape index (κ2) is 12.9. The van der Waals surface area contributed by atoms with Crippen molar-refractivity contribution in [2.45, 2.75) is 45.7 Å². The van der Waals surface area contributed by atoms with Gasteiger partial charge < -0.3 is 34.7 Å². The Balaban J connectivity index is 1.58. The van der Waals surface area contributed by atoms with Gasteiger partial charge in [-0.3, -0.25) is 14.4 Å². The first-order chi connectivity index (χ1) is 21.6. The quantitative estimate of drug-likeness (QED) is 0.245. The lowest BCUT2D eigenvalue weighted by Gasteiger charge is -2.22. The number of hydrogen-bond donors (Lipinski definition) is 3. The van der Waals surface area contributed by atoms with Crippen molar-refractivity contribution in [1.82, 2.24) is 14.9 Å². The number of benzene rings is 2. The number of methoxy groups -OCH3 is 3. The second-order valence-corrected chi connectivity index (χ2v) is 11.5. The van der Waals surface area contributed by atoms with Crippen LogP contribution in [0.1, 0.15) is 44.4 Å². The van der Waals surface area contributed by atoms with Gasteiger partial charge in [0.25, 0.3) is 0 Å². The third-order valence-corrected chi connectivity index (χ3v) is 8.17. The Hall–Kier alpha value is -5.06. The predicted molar refractivity (Wildman–Crippen MR) is 174 cm³/mol. The van der Waals surface area contributed by atoms with Crippen LogP contribution in [-0.4, -0.2) is 48.7 Å². The standard InChI is InChI=1S/C34H39N5O6/c1-18(2)31(34(42)37-21-9-13-27-26(15-21)35-17-39(27)4)38-25-12-10-22-23(16-28(25)41)24(36-19(3)40)11-8-20-14-29(43-5)32(44-6)33(45-7)30(20)22/h9-10,12-18,24,31H,8,11H2,1-7H3,(H,36,40)(H,37,42)(H,38,41)/t24-,31-/m1/s1. The van der Waals surface area contributed by atoms with E-state index in [1.54, 1.807) is 33.7 Å². The molecule has 0 aliphatic heterocycles. The first-order valence-electron chi connectivity index (χ1n) is 14.8. The molecule has 236 valence electrons. The van der Waals surface area contributed by atoms with Crippen molar-refractivity contribution in [3.05, 3.63) is 70.1 Å². The topological polar surface area (TPSA) is 133 Å². The Labute approximate surface area is 261 Å². The molecule has 4 aromatic rings. The van der Waals surface area contributed by atoms with Crippen LogP contribution in [0.5, 0.6) is 17.2 Å². The summed E-state index contributed by atoms with van der Waals surface area (Å²) in [4.78, 5) is 44.0. The number of carbonyl (C=O) groups is 2. The lowest BCUT2D eigenvalue weighted by atomic mass is 9.95. The summed E-state index contributed by atoms with van der Waals surface area (Å²) in [6.45, 7) is 5.28. The van der Waals surface area contributed by atoms with E-state index in [1.807, 2.05) is 55.8 Å². The van der Waals surface area contributed by atoms with E-state index in [-0.39, 0.29) is 28.8 Å². The van der Waals surface area contributed by atoms with E-state index in [1.165, 1.54) is 13.0 Å². The Bertz CT molecular complexity index is 1830. The maximum atomic E-state index is 13.8. The Morgan fingerprint density at radius 1 is 1.00 bits per heavy atom. The molecule has 1 aromatic heterocycles. The molecule has 45 heavy (non-hydrogen) atoms. The third-order valence-electron chi connectivity index (χ3n) is 8.17. The number of aryl methyl sites for hydroxylation is 2. The van der Waals surface area contributed by atoms with Gasteiger partial charge in [0.15, 0.2) is 11.5 Å². The zero-order valence-corrected chi connectivity index (χ0v) is 26.6. The molecule has 0 saturated carbocycles. The smallest absolute Gasteiger partial charge is 0.247 e. The number of carbonyl (C=O) groups excluding carboxylic acids is 2. The van der Waals surface area contributed by atoms with E-state index >= 15 is 0 Å². The Kier molecular flexibility index (Phi) is 8.99. The van der Waals surface area contributed by atoms with E-state index in [9.17, 15) is 14.4 Å². The highest BCUT2D eigenvalue weighted by atomic mass is 16.5. The maximum Gasteiger partial charge on any atom is 0.247 e. The maximum absolute atomic E-state index is 13.8. The van der Waals surface area contributed by atoms with Crippen LogP contribution in [0, 0.1) is 5.92 Å². The van der Waals surface area contributed by atoms with Gasteiger partial charge in [0.1, 0.15) is 6.04 Å². The van der Waals surface area contributed by atoms with Crippen LogP contribution < -0.4 is 35.6 Å². The predicted octanol–water partition coefficient (Wildman–Crippen LogP) is 4.82. The Morgan fingerprint density at radius 2 is 1.76 bits per heavy atom. The molecule has 11 heteroatoms. The third kappa shape index (κ3) is 6.15. The fourth-order valence-electron chi connectivity index (χ4n) is 5.96. The molecule has 0 spiro atoms. The number of fused-ring (bicyclic) bond motifs is 4. The summed E-state index contributed by atoms with van der Waals surface area (Å²) in [7, 11) is 6.57. The van der Waals surface area contributed by atoms with Crippen molar-refractivity contribution < 1.29 is 23.8 Å². The van der Waals surface area contributed by atoms with Crippen LogP contribution >= 0.6 is 0 Å². The van der Waals surface area contributed by atoms with Crippen LogP contribution in [-0.2, 0) is 23.1 Å². The van der Waals surface area contributed by atoms with E-state index in [2.05, 4.69) is 20.9 Å². The number of imidazole rings is 1. The number of anilines is 2. The van der Waals surface area contributed by atoms with Crippen molar-refractivity contribution in [2.75, 3.05) is 32.0 Å². The first-order valence-corrected chi connectivity index (χ1v) is 14.8. The average Bonchev–Trinajstić information content (AvgIpc) is 3.21. The number of aromatic nitrogens is 2. The van der Waals surface area contributed by atoms with E-state index in [0.717, 1.165) is 22.2 Å². The molecular weight excluding hydrogens is 574 g/mol. The molecule has 1 aliphatic rings. The highest BCUT2D eigenvalue weighted by Crippen LogP contribution is 2.50. The van der Waals surface area contributed by atoms with Gasteiger partial charge >= 0.3 is 0 Å². The van der Waals surface area contributed by atoms with Gasteiger partial charge in [-0.15, -0.1) is 0 Å². The normalized spacial score (nSPS) is 14.5. The van der Waals surface area contributed by atoms with Gasteiger partial charge in [-0.1, -0.05) is 19.9 Å². The minimum absolute atomic E-state index is 0.156. The van der Waals surface area contributed by atoms with Crippen molar-refractivity contribution in [3.8, 4) is 28.4 Å². The minimum atomic E-state index is -0.725. The summed E-state index contributed by atoms with van der Waals surface area (Å²) in [6.07, 6.45) is 2.86. The number of rotatable bonds is 9. The van der Waals surface area contributed by atoms with Crippen molar-refractivity contribution in [2.24, 2.45) is 13.0 Å². The molecule has 3 N–H and O–H groups in total. The molecule has 0 fully saturated rings. The number of nitrogens with one attached hydrogen (secondary N) is 3. The van der Waals surface area contributed by atoms with E-state index < -0.39 is 12.1 Å². The second-order valence-electron chi connectivity index (χ2n) is 11.5. The van der Waals surface area contributed by atoms with Crippen LogP contribution in [0.15, 0.2) is 53.6 Å². The number of amides is 2. The van der Waals surface area contributed by atoms with E-state index in [4.69, 9.17) is 14.2 Å². The fraction of sp³-hybridized carbons (Fsp3) is 0.353. The first kappa shape index (κ1) is 31.4. The van der Waals surface area contributed by atoms with Gasteiger partial charge in [-0.2, -0.15) is 0 Å². The monoisotopic (exact) mass is 613 g/mol. The summed E-state index contributed by atoms with van der Waals surface area (Å²) >= 11 is 0. The van der Waals surface area contributed by atoms with Crippen molar-refractivity contribution in [3.63, 3.8) is 0 Å². The van der Waals surface area contributed by atoms with Crippen LogP contribution in [0.25, 0.3) is 22.2 Å². The molecule has 0 bridgehead atoms. The molecule has 0 unspecified atom stereocenters. The average molecular weight is 614 g/mol. The lowest BCUT2D eigenvalue weighted by molar-refractivity contribution is -0.120. The summed E-state index contributed by atoms with van der Waals surface area (Å²) < 4.78 is 19.0.